The van der Waals surface area contributed by atoms with Crippen LogP contribution in [0.3, 0.4) is 0 Å². The molecule has 2 aromatic rings. The third-order valence-corrected chi connectivity index (χ3v) is 17.6. The minimum atomic E-state index is -4.49. The van der Waals surface area contributed by atoms with Crippen molar-refractivity contribution in [2.45, 2.75) is 47.8 Å². The van der Waals surface area contributed by atoms with Gasteiger partial charge in [-0.2, -0.15) is 0 Å². The van der Waals surface area contributed by atoms with Crippen molar-refractivity contribution in [2.24, 2.45) is 0 Å². The molecule has 0 amide bonds. The summed E-state index contributed by atoms with van der Waals surface area (Å²) in [5.41, 5.74) is 3.72. The van der Waals surface area contributed by atoms with Crippen LogP contribution in [0.15, 0.2) is 84.0 Å². The first-order valence-electron chi connectivity index (χ1n) is 11.1. The average molecular weight is 528 g/mol. The molecule has 5 heteroatoms. The van der Waals surface area contributed by atoms with E-state index in [2.05, 4.69) is 64.2 Å². The van der Waals surface area contributed by atoms with Crippen molar-refractivity contribution >= 4 is 0 Å². The second-order valence-electron chi connectivity index (χ2n) is 9.65. The van der Waals surface area contributed by atoms with Gasteiger partial charge in [0.25, 0.3) is 0 Å². The quantitative estimate of drug-likeness (QED) is 0.375. The Balaban J connectivity index is 1.99. The summed E-state index contributed by atoms with van der Waals surface area (Å²) < 4.78 is 41.0. The third kappa shape index (κ3) is 4.21. The first-order chi connectivity index (χ1) is 15.5. The van der Waals surface area contributed by atoms with Crippen molar-refractivity contribution in [3.05, 3.63) is 107 Å². The van der Waals surface area contributed by atoms with Gasteiger partial charge in [0, 0.05) is 0 Å². The zero-order chi connectivity index (χ0) is 24.0. The Kier molecular flexibility index (Phi) is 6.16. The number of halogens is 2. The van der Waals surface area contributed by atoms with E-state index in [0.717, 1.165) is 11.1 Å². The van der Waals surface area contributed by atoms with Gasteiger partial charge in [-0.3, -0.25) is 0 Å². The number of hydrogen-bond acceptors (Lipinski definition) is 2. The molecule has 0 N–H and O–H groups in total. The predicted octanol–water partition coefficient (Wildman–Crippen LogP) is 8.41. The van der Waals surface area contributed by atoms with E-state index in [1.165, 1.54) is 24.3 Å². The number of rotatable bonds is 6. The second-order valence-corrected chi connectivity index (χ2v) is 19.0. The Hall–Kier alpha value is -2.26. The summed E-state index contributed by atoms with van der Waals surface area (Å²) >= 11 is -4.49. The maximum absolute atomic E-state index is 13.9. The molecule has 33 heavy (non-hydrogen) atoms. The van der Waals surface area contributed by atoms with Crippen molar-refractivity contribution in [2.75, 3.05) is 0 Å². The summed E-state index contributed by atoms with van der Waals surface area (Å²) in [6.07, 6.45) is 13.0. The molecule has 0 spiro atoms. The normalized spacial score (nSPS) is 24.1. The van der Waals surface area contributed by atoms with E-state index in [4.69, 9.17) is 5.63 Å². The first-order valence-corrected chi connectivity index (χ1v) is 15.6. The molecule has 2 aliphatic carbocycles. The SMILES string of the molecule is CC1=C[C](C)([Zr]([O]c2ccc(F)cc2C)([O]c2ccc(F)cc2C)[C]2(C)C=CC(C)=C2)C=C1. The van der Waals surface area contributed by atoms with E-state index in [1.807, 2.05) is 13.8 Å². The van der Waals surface area contributed by atoms with Crippen LogP contribution >= 0.6 is 0 Å². The molecule has 0 saturated heterocycles. The van der Waals surface area contributed by atoms with E-state index in [0.29, 0.717) is 22.6 Å². The van der Waals surface area contributed by atoms with E-state index < -0.39 is 27.4 Å². The van der Waals surface area contributed by atoms with Crippen LogP contribution < -0.4 is 5.63 Å². The van der Waals surface area contributed by atoms with Crippen molar-refractivity contribution < 1.29 is 35.6 Å². The van der Waals surface area contributed by atoms with Crippen LogP contribution in [-0.2, 0) is 21.1 Å². The Morgan fingerprint density at radius 3 is 1.36 bits per heavy atom. The minimum absolute atomic E-state index is 0.304. The van der Waals surface area contributed by atoms with Crippen LogP contribution in [0.1, 0.15) is 38.8 Å². The van der Waals surface area contributed by atoms with Gasteiger partial charge in [-0.05, 0) is 0 Å². The molecular weight excluding hydrogens is 498 g/mol. The second kappa shape index (κ2) is 8.51. The van der Waals surface area contributed by atoms with Crippen LogP contribution in [-0.4, -0.2) is 0 Å². The van der Waals surface area contributed by atoms with Gasteiger partial charge in [0.1, 0.15) is 0 Å². The molecule has 2 atom stereocenters. The summed E-state index contributed by atoms with van der Waals surface area (Å²) in [6.45, 7) is 12.2. The monoisotopic (exact) mass is 526 g/mol. The fourth-order valence-electron chi connectivity index (χ4n) is 4.96. The zero-order valence-electron chi connectivity index (χ0n) is 20.0. The van der Waals surface area contributed by atoms with Gasteiger partial charge < -0.3 is 0 Å². The summed E-state index contributed by atoms with van der Waals surface area (Å²) in [6, 6.07) is 9.19. The molecule has 2 aliphatic rings. The Morgan fingerprint density at radius 1 is 0.667 bits per heavy atom. The van der Waals surface area contributed by atoms with Crippen molar-refractivity contribution in [1.29, 1.82) is 0 Å². The van der Waals surface area contributed by atoms with Crippen molar-refractivity contribution in [3.63, 3.8) is 0 Å². The van der Waals surface area contributed by atoms with Gasteiger partial charge in [0.2, 0.25) is 0 Å². The van der Waals surface area contributed by atoms with Crippen LogP contribution in [0.5, 0.6) is 11.5 Å². The summed E-state index contributed by atoms with van der Waals surface area (Å²) in [4.78, 5) is 0. The third-order valence-electron chi connectivity index (χ3n) is 6.64. The molecule has 0 aromatic heterocycles. The molecule has 2 nitrogen and oxygen atoms in total. The molecule has 0 radical (unpaired) electrons. The van der Waals surface area contributed by atoms with Gasteiger partial charge in [-0.1, -0.05) is 0 Å². The average Bonchev–Trinajstić information content (AvgIpc) is 3.27. The van der Waals surface area contributed by atoms with Crippen molar-refractivity contribution in [3.8, 4) is 11.5 Å². The number of hydrogen-bond donors (Lipinski definition) is 0. The molecule has 0 bridgehead atoms. The fourth-order valence-corrected chi connectivity index (χ4v) is 16.3. The van der Waals surface area contributed by atoms with E-state index >= 15 is 0 Å². The predicted molar refractivity (Wildman–Crippen MR) is 126 cm³/mol. The first kappa shape index (κ1) is 23.9. The molecule has 0 aliphatic heterocycles. The topological polar surface area (TPSA) is 18.5 Å². The number of allylic oxidation sites excluding steroid dienone is 8. The molecule has 2 aromatic carbocycles. The summed E-state index contributed by atoms with van der Waals surface area (Å²) in [5, 5.41) is 0. The van der Waals surface area contributed by atoms with Gasteiger partial charge >= 0.3 is 202 Å². The van der Waals surface area contributed by atoms with E-state index in [9.17, 15) is 8.78 Å². The Bertz CT molecular complexity index is 1130. The van der Waals surface area contributed by atoms with Crippen LogP contribution in [0.4, 0.5) is 8.78 Å². The Morgan fingerprint density at radius 2 is 1.06 bits per heavy atom. The number of benzene rings is 2. The van der Waals surface area contributed by atoms with Crippen LogP contribution in [0, 0.1) is 25.5 Å². The fraction of sp³-hybridized carbons (Fsp3) is 0.286. The van der Waals surface area contributed by atoms with Gasteiger partial charge in [0.05, 0.1) is 0 Å². The van der Waals surface area contributed by atoms with Gasteiger partial charge in [0.15, 0.2) is 0 Å². The van der Waals surface area contributed by atoms with E-state index in [1.54, 1.807) is 12.1 Å². The molecule has 172 valence electrons. The summed E-state index contributed by atoms with van der Waals surface area (Å²) in [7, 11) is 0. The van der Waals surface area contributed by atoms with Crippen LogP contribution in [0.2, 0.25) is 6.25 Å². The molecule has 0 saturated carbocycles. The van der Waals surface area contributed by atoms with Gasteiger partial charge in [-0.15, -0.1) is 0 Å². The van der Waals surface area contributed by atoms with E-state index in [-0.39, 0.29) is 11.6 Å². The standard InChI is InChI=1S/2C7H7FO.2C7H9.Zr/c2*1-5-4-6(8)2-3-7(5)9;2*1-6-3-4-7(2)5-6;/h2*2-4,9H,1H3;2*3-5H,1-2H3;/q;;;;+2/p-2. The maximum atomic E-state index is 13.9. The molecular formula is C28H30F2O2Zr. The molecule has 0 heterocycles. The summed E-state index contributed by atoms with van der Waals surface area (Å²) in [5.74, 6) is 0.627. The molecule has 0 fully saturated rings. The number of aryl methyl sites for hydroxylation is 2. The molecule has 4 rings (SSSR count). The van der Waals surface area contributed by atoms with Crippen molar-refractivity contribution in [1.82, 2.24) is 0 Å². The van der Waals surface area contributed by atoms with Gasteiger partial charge in [-0.25, -0.2) is 0 Å². The zero-order valence-corrected chi connectivity index (χ0v) is 22.5. The Labute approximate surface area is 201 Å². The van der Waals surface area contributed by atoms with Crippen LogP contribution in [0.25, 0.3) is 0 Å². The molecule has 2 unspecified atom stereocenters.